The van der Waals surface area contributed by atoms with Crippen LogP contribution in [0.4, 0.5) is 0 Å². The second-order valence-corrected chi connectivity index (χ2v) is 4.08. The molecule has 0 atom stereocenters. The first-order valence-electron chi connectivity index (χ1n) is 5.89. The Balaban J connectivity index is 1.78. The molecule has 0 fully saturated rings. The van der Waals surface area contributed by atoms with Gasteiger partial charge in [0.05, 0.1) is 7.11 Å². The summed E-state index contributed by atoms with van der Waals surface area (Å²) in [6.45, 7) is 3.69. The number of ether oxygens (including phenoxy) is 1. The van der Waals surface area contributed by atoms with E-state index in [1.807, 2.05) is 13.0 Å². The van der Waals surface area contributed by atoms with Gasteiger partial charge in [0.15, 0.2) is 5.82 Å². The molecular weight excluding hydrogens is 230 g/mol. The third kappa shape index (κ3) is 3.30. The first-order chi connectivity index (χ1) is 8.79. The van der Waals surface area contributed by atoms with Crippen LogP contribution in [0.25, 0.3) is 0 Å². The Bertz CT molecular complexity index is 483. The molecule has 0 radical (unpaired) electrons. The number of aromatic nitrogens is 2. The van der Waals surface area contributed by atoms with Crippen LogP contribution in [-0.2, 0) is 13.0 Å². The van der Waals surface area contributed by atoms with Crippen LogP contribution in [-0.4, -0.2) is 23.8 Å². The third-order valence-corrected chi connectivity index (χ3v) is 2.72. The Morgan fingerprint density at radius 2 is 2.28 bits per heavy atom. The molecule has 0 aliphatic rings. The zero-order chi connectivity index (χ0) is 12.8. The number of hydrogen-bond donors (Lipinski definition) is 1. The van der Waals surface area contributed by atoms with E-state index >= 15 is 0 Å². The molecular formula is C13H17N3O2. The molecule has 0 unspecified atom stereocenters. The Kier molecular flexibility index (Phi) is 4.30. The highest BCUT2D eigenvalue weighted by atomic mass is 16.5. The standard InChI is InChI=1S/C13H17N3O2/c1-10-7-11(3-4-12(10)17-2)8-14-6-5-13-15-9-18-16-13/h3-4,7,9,14H,5-6,8H2,1-2H3. The van der Waals surface area contributed by atoms with Crippen LogP contribution in [0.2, 0.25) is 0 Å². The predicted octanol–water partition coefficient (Wildman–Crippen LogP) is 1.72. The summed E-state index contributed by atoms with van der Waals surface area (Å²) in [6, 6.07) is 6.18. The monoisotopic (exact) mass is 247 g/mol. The van der Waals surface area contributed by atoms with E-state index in [4.69, 9.17) is 4.74 Å². The van der Waals surface area contributed by atoms with Gasteiger partial charge < -0.3 is 14.6 Å². The normalized spacial score (nSPS) is 10.6. The fourth-order valence-corrected chi connectivity index (χ4v) is 1.79. The second kappa shape index (κ2) is 6.16. The first-order valence-corrected chi connectivity index (χ1v) is 5.89. The Labute approximate surface area is 106 Å². The van der Waals surface area contributed by atoms with E-state index in [1.165, 1.54) is 12.0 Å². The summed E-state index contributed by atoms with van der Waals surface area (Å²) in [5, 5.41) is 7.10. The van der Waals surface area contributed by atoms with E-state index in [2.05, 4.69) is 32.1 Å². The van der Waals surface area contributed by atoms with Gasteiger partial charge in [0.25, 0.3) is 0 Å². The van der Waals surface area contributed by atoms with Gasteiger partial charge >= 0.3 is 0 Å². The van der Waals surface area contributed by atoms with Crippen LogP contribution in [0.1, 0.15) is 17.0 Å². The number of rotatable bonds is 6. The maximum absolute atomic E-state index is 5.23. The Hall–Kier alpha value is -1.88. The summed E-state index contributed by atoms with van der Waals surface area (Å²) >= 11 is 0. The summed E-state index contributed by atoms with van der Waals surface area (Å²) in [4.78, 5) is 3.96. The molecule has 0 saturated heterocycles. The molecule has 0 aliphatic carbocycles. The van der Waals surface area contributed by atoms with Crippen molar-refractivity contribution in [3.8, 4) is 5.75 Å². The third-order valence-electron chi connectivity index (χ3n) is 2.72. The molecule has 0 saturated carbocycles. The summed E-state index contributed by atoms with van der Waals surface area (Å²) in [5.41, 5.74) is 2.39. The lowest BCUT2D eigenvalue weighted by Gasteiger charge is -2.08. The topological polar surface area (TPSA) is 60.2 Å². The molecule has 0 aliphatic heterocycles. The van der Waals surface area contributed by atoms with Crippen LogP contribution in [0.5, 0.6) is 5.75 Å². The maximum atomic E-state index is 5.23. The average Bonchev–Trinajstić information content (AvgIpc) is 2.88. The smallest absolute Gasteiger partial charge is 0.213 e. The number of aryl methyl sites for hydroxylation is 1. The van der Waals surface area contributed by atoms with Crippen molar-refractivity contribution in [2.45, 2.75) is 19.9 Å². The SMILES string of the molecule is COc1ccc(CNCCc2ncon2)cc1C. The minimum absolute atomic E-state index is 0.730. The molecule has 1 aromatic heterocycles. The summed E-state index contributed by atoms with van der Waals surface area (Å²) < 4.78 is 9.90. The predicted molar refractivity (Wildman–Crippen MR) is 67.4 cm³/mol. The molecule has 96 valence electrons. The summed E-state index contributed by atoms with van der Waals surface area (Å²) in [5.74, 6) is 1.65. The van der Waals surface area contributed by atoms with Crippen LogP contribution in [0.3, 0.4) is 0 Å². The highest BCUT2D eigenvalue weighted by Gasteiger charge is 2.01. The van der Waals surface area contributed by atoms with Gasteiger partial charge in [-0.05, 0) is 24.1 Å². The van der Waals surface area contributed by atoms with Crippen molar-refractivity contribution in [3.63, 3.8) is 0 Å². The molecule has 0 amide bonds. The Morgan fingerprint density at radius 3 is 2.94 bits per heavy atom. The van der Waals surface area contributed by atoms with E-state index in [9.17, 15) is 0 Å². The lowest BCUT2D eigenvalue weighted by molar-refractivity contribution is 0.409. The number of methoxy groups -OCH3 is 1. The van der Waals surface area contributed by atoms with Crippen molar-refractivity contribution in [1.82, 2.24) is 15.5 Å². The van der Waals surface area contributed by atoms with E-state index in [1.54, 1.807) is 7.11 Å². The molecule has 2 aromatic rings. The number of nitrogens with one attached hydrogen (secondary N) is 1. The van der Waals surface area contributed by atoms with Crippen LogP contribution < -0.4 is 10.1 Å². The lowest BCUT2D eigenvalue weighted by atomic mass is 10.1. The lowest BCUT2D eigenvalue weighted by Crippen LogP contribution is -2.17. The van der Waals surface area contributed by atoms with E-state index < -0.39 is 0 Å². The van der Waals surface area contributed by atoms with Crippen molar-refractivity contribution in [3.05, 3.63) is 41.5 Å². The van der Waals surface area contributed by atoms with Gasteiger partial charge in [0.1, 0.15) is 5.75 Å². The minimum atomic E-state index is 0.730. The minimum Gasteiger partial charge on any atom is -0.496 e. The molecule has 1 aromatic carbocycles. The highest BCUT2D eigenvalue weighted by Crippen LogP contribution is 2.18. The van der Waals surface area contributed by atoms with E-state index in [0.717, 1.165) is 36.6 Å². The molecule has 1 N–H and O–H groups in total. The average molecular weight is 247 g/mol. The molecule has 1 heterocycles. The van der Waals surface area contributed by atoms with Gasteiger partial charge in [-0.15, -0.1) is 0 Å². The van der Waals surface area contributed by atoms with E-state index in [0.29, 0.717) is 0 Å². The second-order valence-electron chi connectivity index (χ2n) is 4.08. The van der Waals surface area contributed by atoms with Crippen molar-refractivity contribution in [2.75, 3.05) is 13.7 Å². The quantitative estimate of drug-likeness (QED) is 0.787. The molecule has 5 heteroatoms. The largest absolute Gasteiger partial charge is 0.496 e. The zero-order valence-electron chi connectivity index (χ0n) is 10.6. The molecule has 5 nitrogen and oxygen atoms in total. The molecule has 0 spiro atoms. The van der Waals surface area contributed by atoms with Crippen LogP contribution >= 0.6 is 0 Å². The summed E-state index contributed by atoms with van der Waals surface area (Å²) in [7, 11) is 1.69. The number of benzene rings is 1. The maximum Gasteiger partial charge on any atom is 0.213 e. The fourth-order valence-electron chi connectivity index (χ4n) is 1.79. The molecule has 2 rings (SSSR count). The zero-order valence-corrected chi connectivity index (χ0v) is 10.6. The van der Waals surface area contributed by atoms with Gasteiger partial charge in [0, 0.05) is 19.5 Å². The van der Waals surface area contributed by atoms with Crippen molar-refractivity contribution >= 4 is 0 Å². The van der Waals surface area contributed by atoms with Crippen LogP contribution in [0.15, 0.2) is 29.1 Å². The number of hydrogen-bond acceptors (Lipinski definition) is 5. The van der Waals surface area contributed by atoms with Gasteiger partial charge in [0.2, 0.25) is 6.39 Å². The summed E-state index contributed by atoms with van der Waals surface area (Å²) in [6.07, 6.45) is 2.12. The van der Waals surface area contributed by atoms with Crippen molar-refractivity contribution < 1.29 is 9.26 Å². The number of nitrogens with zero attached hydrogens (tertiary/aromatic N) is 2. The van der Waals surface area contributed by atoms with Gasteiger partial charge in [-0.1, -0.05) is 17.3 Å². The van der Waals surface area contributed by atoms with Crippen LogP contribution in [0, 0.1) is 6.92 Å². The van der Waals surface area contributed by atoms with Crippen molar-refractivity contribution in [1.29, 1.82) is 0 Å². The molecule has 0 bridgehead atoms. The fraction of sp³-hybridized carbons (Fsp3) is 0.385. The Morgan fingerprint density at radius 1 is 1.39 bits per heavy atom. The highest BCUT2D eigenvalue weighted by molar-refractivity contribution is 5.36. The van der Waals surface area contributed by atoms with Gasteiger partial charge in [-0.25, -0.2) is 0 Å². The van der Waals surface area contributed by atoms with Gasteiger partial charge in [-0.3, -0.25) is 0 Å². The van der Waals surface area contributed by atoms with Crippen molar-refractivity contribution in [2.24, 2.45) is 0 Å². The first kappa shape index (κ1) is 12.6. The molecule has 18 heavy (non-hydrogen) atoms. The van der Waals surface area contributed by atoms with E-state index in [-0.39, 0.29) is 0 Å². The van der Waals surface area contributed by atoms with Gasteiger partial charge in [-0.2, -0.15) is 4.98 Å².